The Morgan fingerprint density at radius 2 is 1.16 bits per heavy atom. The molecular formula is C27H30N2O2S. The molecule has 0 amide bonds. The highest BCUT2D eigenvalue weighted by atomic mass is 32.2. The Bertz CT molecular complexity index is 1070. The van der Waals surface area contributed by atoms with Gasteiger partial charge < -0.3 is 4.90 Å². The van der Waals surface area contributed by atoms with Crippen molar-refractivity contribution in [3.8, 4) is 0 Å². The van der Waals surface area contributed by atoms with Crippen molar-refractivity contribution in [3.05, 3.63) is 108 Å². The zero-order chi connectivity index (χ0) is 22.0. The van der Waals surface area contributed by atoms with E-state index in [1.807, 2.05) is 30.3 Å². The fourth-order valence-corrected chi connectivity index (χ4v) is 6.97. The maximum absolute atomic E-state index is 13.0. The number of sulfonamides is 1. The van der Waals surface area contributed by atoms with Gasteiger partial charge in [-0.3, -0.25) is 0 Å². The van der Waals surface area contributed by atoms with Gasteiger partial charge in [0.25, 0.3) is 0 Å². The minimum atomic E-state index is -3.27. The lowest BCUT2D eigenvalue weighted by atomic mass is 9.91. The average Bonchev–Trinajstić information content (AvgIpc) is 3.39. The molecule has 0 N–H and O–H groups in total. The van der Waals surface area contributed by atoms with E-state index in [2.05, 4.69) is 65.6 Å². The van der Waals surface area contributed by atoms with Crippen LogP contribution in [0.1, 0.15) is 22.6 Å². The van der Waals surface area contributed by atoms with Gasteiger partial charge in [-0.2, -0.15) is 0 Å². The van der Waals surface area contributed by atoms with E-state index < -0.39 is 10.0 Å². The van der Waals surface area contributed by atoms with Gasteiger partial charge in [-0.25, -0.2) is 12.7 Å². The first-order valence-corrected chi connectivity index (χ1v) is 13.0. The predicted octanol–water partition coefficient (Wildman–Crippen LogP) is 4.21. The number of likely N-dealkylation sites (tertiary alicyclic amines) is 1. The number of nitrogens with zero attached hydrogens (tertiary/aromatic N) is 2. The Hall–Kier alpha value is -2.47. The molecule has 4 nitrogen and oxygen atoms in total. The van der Waals surface area contributed by atoms with Crippen molar-refractivity contribution < 1.29 is 8.42 Å². The molecule has 2 atom stereocenters. The number of hydrogen-bond donors (Lipinski definition) is 0. The van der Waals surface area contributed by atoms with Crippen LogP contribution in [-0.4, -0.2) is 50.3 Å². The van der Waals surface area contributed by atoms with Gasteiger partial charge in [-0.1, -0.05) is 91.0 Å². The van der Waals surface area contributed by atoms with Crippen LogP contribution in [0.3, 0.4) is 0 Å². The predicted molar refractivity (Wildman–Crippen MR) is 129 cm³/mol. The summed E-state index contributed by atoms with van der Waals surface area (Å²) in [6, 6.07) is 30.9. The summed E-state index contributed by atoms with van der Waals surface area (Å²) >= 11 is 0. The van der Waals surface area contributed by atoms with E-state index in [1.165, 1.54) is 11.1 Å². The third kappa shape index (κ3) is 4.65. The van der Waals surface area contributed by atoms with Crippen LogP contribution in [0, 0.1) is 11.8 Å². The third-order valence-electron chi connectivity index (χ3n) is 6.96. The molecule has 2 saturated heterocycles. The van der Waals surface area contributed by atoms with Gasteiger partial charge in [-0.15, -0.1) is 0 Å². The van der Waals surface area contributed by atoms with Crippen LogP contribution in [0.15, 0.2) is 91.0 Å². The summed E-state index contributed by atoms with van der Waals surface area (Å²) < 4.78 is 27.7. The highest BCUT2D eigenvalue weighted by Crippen LogP contribution is 2.35. The second-order valence-electron chi connectivity index (χ2n) is 9.17. The normalized spacial score (nSPS) is 21.8. The summed E-state index contributed by atoms with van der Waals surface area (Å²) in [5, 5.41) is 0. The van der Waals surface area contributed by atoms with Crippen LogP contribution < -0.4 is 0 Å². The molecule has 0 saturated carbocycles. The second-order valence-corrected chi connectivity index (χ2v) is 11.1. The van der Waals surface area contributed by atoms with Gasteiger partial charge in [0.1, 0.15) is 0 Å². The van der Waals surface area contributed by atoms with Gasteiger partial charge in [0.15, 0.2) is 0 Å². The molecule has 0 spiro atoms. The summed E-state index contributed by atoms with van der Waals surface area (Å²) in [5.74, 6) is 1.27. The van der Waals surface area contributed by atoms with Crippen molar-refractivity contribution in [2.45, 2.75) is 11.7 Å². The summed E-state index contributed by atoms with van der Waals surface area (Å²) in [5.41, 5.74) is 3.53. The van der Waals surface area contributed by atoms with Gasteiger partial charge in [0, 0.05) is 38.6 Å². The van der Waals surface area contributed by atoms with Crippen LogP contribution in [-0.2, 0) is 15.8 Å². The van der Waals surface area contributed by atoms with E-state index in [-0.39, 0.29) is 5.75 Å². The Morgan fingerprint density at radius 1 is 0.688 bits per heavy atom. The van der Waals surface area contributed by atoms with Crippen molar-refractivity contribution >= 4 is 10.0 Å². The molecule has 0 aliphatic carbocycles. The molecule has 166 valence electrons. The van der Waals surface area contributed by atoms with Crippen LogP contribution in [0.25, 0.3) is 0 Å². The van der Waals surface area contributed by atoms with Crippen molar-refractivity contribution in [2.24, 2.45) is 11.8 Å². The molecule has 32 heavy (non-hydrogen) atoms. The standard InChI is InChI=1S/C27H30N2O2S/c30-32(31,21-22-10-4-1-5-11-22)29-18-25-16-28(17-26(25)19-29)20-27(23-12-6-2-7-13-23)24-14-8-3-9-15-24/h1-15,25-27H,16-21H2/t25-,26-/m1/s1. The first-order valence-electron chi connectivity index (χ1n) is 11.4. The number of hydrogen-bond acceptors (Lipinski definition) is 3. The topological polar surface area (TPSA) is 40.6 Å². The van der Waals surface area contributed by atoms with E-state index in [9.17, 15) is 8.42 Å². The van der Waals surface area contributed by atoms with E-state index in [4.69, 9.17) is 0 Å². The van der Waals surface area contributed by atoms with E-state index >= 15 is 0 Å². The molecule has 2 fully saturated rings. The fourth-order valence-electron chi connectivity index (χ4n) is 5.33. The molecule has 5 rings (SSSR count). The molecule has 2 aliphatic rings. The van der Waals surface area contributed by atoms with Gasteiger partial charge in [-0.05, 0) is 28.5 Å². The molecule has 0 aromatic heterocycles. The summed E-state index contributed by atoms with van der Waals surface area (Å²) in [7, 11) is -3.27. The number of fused-ring (bicyclic) bond motifs is 1. The third-order valence-corrected chi connectivity index (χ3v) is 8.74. The lowest BCUT2D eigenvalue weighted by Crippen LogP contribution is -2.35. The molecule has 2 aliphatic heterocycles. The average molecular weight is 447 g/mol. The SMILES string of the molecule is O=S(=O)(Cc1ccccc1)N1C[C@H]2CN(CC(c3ccccc3)c3ccccc3)C[C@@H]2C1. The monoisotopic (exact) mass is 446 g/mol. The molecule has 0 bridgehead atoms. The molecule has 2 heterocycles. The van der Waals surface area contributed by atoms with Gasteiger partial charge in [0.2, 0.25) is 10.0 Å². The van der Waals surface area contributed by atoms with E-state index in [0.717, 1.165) is 25.2 Å². The lowest BCUT2D eigenvalue weighted by molar-refractivity contribution is 0.288. The fraction of sp³-hybridized carbons (Fsp3) is 0.333. The van der Waals surface area contributed by atoms with Gasteiger partial charge in [0.05, 0.1) is 5.75 Å². The van der Waals surface area contributed by atoms with Crippen LogP contribution >= 0.6 is 0 Å². The zero-order valence-corrected chi connectivity index (χ0v) is 19.1. The molecule has 3 aromatic rings. The Balaban J connectivity index is 1.25. The van der Waals surface area contributed by atoms with Crippen LogP contribution in [0.5, 0.6) is 0 Å². The minimum Gasteiger partial charge on any atom is -0.302 e. The molecule has 3 aromatic carbocycles. The molecule has 0 unspecified atom stereocenters. The Labute approximate surface area is 191 Å². The maximum atomic E-state index is 13.0. The molecule has 5 heteroatoms. The second kappa shape index (κ2) is 9.18. The first-order chi connectivity index (χ1) is 15.6. The number of rotatable bonds is 7. The lowest BCUT2D eigenvalue weighted by Gasteiger charge is -2.26. The molecular weight excluding hydrogens is 416 g/mol. The summed E-state index contributed by atoms with van der Waals surface area (Å²) in [6.07, 6.45) is 0. The Morgan fingerprint density at radius 3 is 1.66 bits per heavy atom. The first kappa shape index (κ1) is 21.4. The largest absolute Gasteiger partial charge is 0.302 e. The molecule has 0 radical (unpaired) electrons. The van der Waals surface area contributed by atoms with Crippen molar-refractivity contribution in [1.82, 2.24) is 9.21 Å². The maximum Gasteiger partial charge on any atom is 0.218 e. The van der Waals surface area contributed by atoms with Gasteiger partial charge >= 0.3 is 0 Å². The summed E-state index contributed by atoms with van der Waals surface area (Å²) in [4.78, 5) is 2.54. The Kier molecular flexibility index (Phi) is 6.13. The van der Waals surface area contributed by atoms with Crippen LogP contribution in [0.2, 0.25) is 0 Å². The van der Waals surface area contributed by atoms with Crippen molar-refractivity contribution in [1.29, 1.82) is 0 Å². The smallest absolute Gasteiger partial charge is 0.218 e. The zero-order valence-electron chi connectivity index (χ0n) is 18.3. The summed E-state index contributed by atoms with van der Waals surface area (Å²) in [6.45, 7) is 4.21. The highest BCUT2D eigenvalue weighted by Gasteiger charge is 2.44. The van der Waals surface area contributed by atoms with Crippen molar-refractivity contribution in [2.75, 3.05) is 32.7 Å². The number of benzene rings is 3. The van der Waals surface area contributed by atoms with Crippen molar-refractivity contribution in [3.63, 3.8) is 0 Å². The minimum absolute atomic E-state index is 0.0983. The van der Waals surface area contributed by atoms with E-state index in [0.29, 0.717) is 30.8 Å². The van der Waals surface area contributed by atoms with E-state index in [1.54, 1.807) is 4.31 Å². The quantitative estimate of drug-likeness (QED) is 0.546. The van der Waals surface area contributed by atoms with Crippen LogP contribution in [0.4, 0.5) is 0 Å². The highest BCUT2D eigenvalue weighted by molar-refractivity contribution is 7.88.